The fourth-order valence-electron chi connectivity index (χ4n) is 1.39. The van der Waals surface area contributed by atoms with Gasteiger partial charge < -0.3 is 11.1 Å². The van der Waals surface area contributed by atoms with Crippen molar-refractivity contribution in [2.75, 3.05) is 12.3 Å². The molecule has 1 aromatic carbocycles. The molecular weight excluding hydrogens is 457 g/mol. The summed E-state index contributed by atoms with van der Waals surface area (Å²) in [5, 5.41) is 2.90. The average molecular weight is 476 g/mol. The van der Waals surface area contributed by atoms with Gasteiger partial charge in [-0.2, -0.15) is 0 Å². The number of guanidine groups is 1. The van der Waals surface area contributed by atoms with Crippen LogP contribution in [0, 0.1) is 0 Å². The second-order valence-corrected chi connectivity index (χ2v) is 7.36. The van der Waals surface area contributed by atoms with Gasteiger partial charge in [-0.25, -0.2) is 8.42 Å². The Morgan fingerprint density at radius 1 is 1.35 bits per heavy atom. The molecule has 0 radical (unpaired) electrons. The molecule has 3 N–H and O–H groups in total. The maximum Gasteiger partial charge on any atom is 0.188 e. The Balaban J connectivity index is 0.00000361. The van der Waals surface area contributed by atoms with E-state index < -0.39 is 9.84 Å². The monoisotopic (exact) mass is 475 g/mol. The first-order valence-corrected chi connectivity index (χ1v) is 8.30. The summed E-state index contributed by atoms with van der Waals surface area (Å²) in [6, 6.07) is 6.71. The van der Waals surface area contributed by atoms with Gasteiger partial charge in [-0.15, -0.1) is 24.0 Å². The molecule has 0 unspecified atom stereocenters. The van der Waals surface area contributed by atoms with Gasteiger partial charge in [0, 0.05) is 10.5 Å². The van der Waals surface area contributed by atoms with Gasteiger partial charge in [-0.3, -0.25) is 4.99 Å². The van der Waals surface area contributed by atoms with E-state index in [0.717, 1.165) is 4.47 Å². The molecule has 0 aliphatic rings. The summed E-state index contributed by atoms with van der Waals surface area (Å²) in [4.78, 5) is 4.28. The summed E-state index contributed by atoms with van der Waals surface area (Å²) in [5.41, 5.74) is 5.60. The second kappa shape index (κ2) is 8.83. The summed E-state index contributed by atoms with van der Waals surface area (Å²) < 4.78 is 24.8. The molecule has 20 heavy (non-hydrogen) atoms. The van der Waals surface area contributed by atoms with Crippen molar-refractivity contribution in [3.63, 3.8) is 0 Å². The molecular formula is C12H19BrIN3O2S. The third-order valence-corrected chi connectivity index (χ3v) is 4.49. The van der Waals surface area contributed by atoms with Gasteiger partial charge in [0.05, 0.1) is 17.2 Å². The van der Waals surface area contributed by atoms with Crippen molar-refractivity contribution in [3.8, 4) is 0 Å². The maximum absolute atomic E-state index is 12.0. The van der Waals surface area contributed by atoms with Crippen LogP contribution < -0.4 is 11.1 Å². The molecule has 0 fully saturated rings. The molecule has 0 aliphatic heterocycles. The van der Waals surface area contributed by atoms with Crippen LogP contribution >= 0.6 is 39.9 Å². The average Bonchev–Trinajstić information content (AvgIpc) is 2.28. The van der Waals surface area contributed by atoms with E-state index in [4.69, 9.17) is 5.73 Å². The van der Waals surface area contributed by atoms with E-state index in [1.165, 1.54) is 0 Å². The number of sulfone groups is 1. The minimum absolute atomic E-state index is 0. The molecule has 1 aromatic rings. The van der Waals surface area contributed by atoms with Gasteiger partial charge in [-0.1, -0.05) is 15.9 Å². The van der Waals surface area contributed by atoms with Crippen molar-refractivity contribution in [3.05, 3.63) is 28.7 Å². The van der Waals surface area contributed by atoms with Crippen molar-refractivity contribution >= 4 is 55.7 Å². The first kappa shape index (κ1) is 19.7. The standard InChI is InChI=1S/C12H18BrN3O2S.HI/c1-9(2)16-12(14)15-7-8-19(17,18)11-5-3-10(13)4-6-11;/h3-6,9H,7-8H2,1-2H3,(H3,14,15,16);1H. The zero-order valence-electron chi connectivity index (χ0n) is 11.3. The SMILES string of the molecule is CC(C)NC(N)=NCCS(=O)(=O)c1ccc(Br)cc1.I. The Labute approximate surface area is 145 Å². The molecule has 0 atom stereocenters. The normalized spacial score (nSPS) is 12.1. The number of nitrogens with one attached hydrogen (secondary N) is 1. The van der Waals surface area contributed by atoms with Crippen LogP contribution in [0.25, 0.3) is 0 Å². The summed E-state index contributed by atoms with van der Waals surface area (Å²) >= 11 is 3.27. The molecule has 0 spiro atoms. The number of halogens is 2. The molecule has 114 valence electrons. The van der Waals surface area contributed by atoms with Crippen molar-refractivity contribution < 1.29 is 8.42 Å². The minimum atomic E-state index is -3.31. The van der Waals surface area contributed by atoms with E-state index in [9.17, 15) is 8.42 Å². The summed E-state index contributed by atoms with van der Waals surface area (Å²) in [6.45, 7) is 4.01. The van der Waals surface area contributed by atoms with E-state index in [1.54, 1.807) is 24.3 Å². The quantitative estimate of drug-likeness (QED) is 0.388. The Morgan fingerprint density at radius 3 is 2.40 bits per heavy atom. The van der Waals surface area contributed by atoms with Gasteiger partial charge in [0.2, 0.25) is 0 Å². The van der Waals surface area contributed by atoms with Crippen LogP contribution in [-0.2, 0) is 9.84 Å². The van der Waals surface area contributed by atoms with Crippen molar-refractivity contribution in [1.29, 1.82) is 0 Å². The van der Waals surface area contributed by atoms with E-state index in [2.05, 4.69) is 26.2 Å². The highest BCUT2D eigenvalue weighted by Crippen LogP contribution is 2.15. The number of hydrogen-bond donors (Lipinski definition) is 2. The highest BCUT2D eigenvalue weighted by Gasteiger charge is 2.13. The molecule has 1 rings (SSSR count). The molecule has 0 aromatic heterocycles. The highest BCUT2D eigenvalue weighted by atomic mass is 127. The second-order valence-electron chi connectivity index (χ2n) is 4.34. The first-order chi connectivity index (χ1) is 8.81. The van der Waals surface area contributed by atoms with E-state index >= 15 is 0 Å². The molecule has 0 heterocycles. The molecule has 0 saturated heterocycles. The lowest BCUT2D eigenvalue weighted by atomic mass is 10.4. The smallest absolute Gasteiger partial charge is 0.188 e. The minimum Gasteiger partial charge on any atom is -0.370 e. The number of nitrogens with two attached hydrogens (primary N) is 1. The highest BCUT2D eigenvalue weighted by molar-refractivity contribution is 14.0. The Hall–Kier alpha value is -0.350. The number of rotatable bonds is 5. The fourth-order valence-corrected chi connectivity index (χ4v) is 2.77. The van der Waals surface area contributed by atoms with E-state index in [-0.39, 0.29) is 48.3 Å². The van der Waals surface area contributed by atoms with Crippen LogP contribution in [0.5, 0.6) is 0 Å². The number of hydrogen-bond acceptors (Lipinski definition) is 3. The Bertz CT molecular complexity index is 544. The summed E-state index contributed by atoms with van der Waals surface area (Å²) in [5.74, 6) is 0.204. The zero-order chi connectivity index (χ0) is 14.5. The molecule has 5 nitrogen and oxygen atoms in total. The van der Waals surface area contributed by atoms with Crippen LogP contribution in [-0.4, -0.2) is 32.7 Å². The predicted octanol–water partition coefficient (Wildman–Crippen LogP) is 2.15. The van der Waals surface area contributed by atoms with Crippen LogP contribution in [0.1, 0.15) is 13.8 Å². The molecule has 8 heteroatoms. The van der Waals surface area contributed by atoms with Crippen LogP contribution in [0.4, 0.5) is 0 Å². The molecule has 0 bridgehead atoms. The van der Waals surface area contributed by atoms with Crippen LogP contribution in [0.3, 0.4) is 0 Å². The van der Waals surface area contributed by atoms with Crippen molar-refractivity contribution in [1.82, 2.24) is 5.32 Å². The third kappa shape index (κ3) is 6.89. The zero-order valence-corrected chi connectivity index (χ0v) is 16.1. The topological polar surface area (TPSA) is 84.5 Å². The predicted molar refractivity (Wildman–Crippen MR) is 96.4 cm³/mol. The molecule has 0 amide bonds. The Kier molecular flexibility index (Phi) is 8.68. The third-order valence-electron chi connectivity index (χ3n) is 2.25. The van der Waals surface area contributed by atoms with Gasteiger partial charge in [0.15, 0.2) is 15.8 Å². The molecule has 0 saturated carbocycles. The maximum atomic E-state index is 12.0. The summed E-state index contributed by atoms with van der Waals surface area (Å²) in [7, 11) is -3.31. The van der Waals surface area contributed by atoms with Gasteiger partial charge >= 0.3 is 0 Å². The lowest BCUT2D eigenvalue weighted by molar-refractivity contribution is 0.596. The first-order valence-electron chi connectivity index (χ1n) is 5.86. The van der Waals surface area contributed by atoms with Gasteiger partial charge in [0.1, 0.15) is 0 Å². The fraction of sp³-hybridized carbons (Fsp3) is 0.417. The van der Waals surface area contributed by atoms with Crippen LogP contribution in [0.2, 0.25) is 0 Å². The summed E-state index contributed by atoms with van der Waals surface area (Å²) in [6.07, 6.45) is 0. The lowest BCUT2D eigenvalue weighted by Gasteiger charge is -2.08. The number of benzene rings is 1. The molecule has 0 aliphatic carbocycles. The van der Waals surface area contributed by atoms with Gasteiger partial charge in [-0.05, 0) is 38.1 Å². The number of nitrogens with zero attached hydrogens (tertiary/aromatic N) is 1. The number of aliphatic imine (C=N–C) groups is 1. The van der Waals surface area contributed by atoms with Crippen molar-refractivity contribution in [2.45, 2.75) is 24.8 Å². The Morgan fingerprint density at radius 2 is 1.90 bits per heavy atom. The van der Waals surface area contributed by atoms with E-state index in [1.807, 2.05) is 13.8 Å². The van der Waals surface area contributed by atoms with Gasteiger partial charge in [0.25, 0.3) is 0 Å². The largest absolute Gasteiger partial charge is 0.370 e. The van der Waals surface area contributed by atoms with Crippen LogP contribution in [0.15, 0.2) is 38.6 Å². The van der Waals surface area contributed by atoms with Crippen molar-refractivity contribution in [2.24, 2.45) is 10.7 Å². The lowest BCUT2D eigenvalue weighted by Crippen LogP contribution is -2.37. The van der Waals surface area contributed by atoms with E-state index in [0.29, 0.717) is 4.90 Å².